The van der Waals surface area contributed by atoms with Crippen LogP contribution in [0.3, 0.4) is 0 Å². The molecule has 0 aromatic heterocycles. The second-order valence-electron chi connectivity index (χ2n) is 20.1. The van der Waals surface area contributed by atoms with E-state index in [4.69, 9.17) is 275 Å². The Labute approximate surface area is 464 Å². The molecule has 0 atom stereocenters. The Morgan fingerprint density at radius 3 is 0.657 bits per heavy atom. The molecule has 0 fully saturated rings. The van der Waals surface area contributed by atoms with Crippen molar-refractivity contribution in [2.45, 2.75) is 90.3 Å². The molecule has 0 heterocycles. The summed E-state index contributed by atoms with van der Waals surface area (Å²) < 4.78 is 0. The van der Waals surface area contributed by atoms with Crippen LogP contribution in [0.25, 0.3) is 22.3 Å². The van der Waals surface area contributed by atoms with Crippen LogP contribution in [-0.2, 0) is 21.7 Å². The molecule has 0 aliphatic heterocycles. The number of rotatable bonds is 10. The molecule has 0 saturated carbocycles. The first-order valence-corrected chi connectivity index (χ1v) is 20.6. The Kier molecular flexibility index (Phi) is 14.5. The lowest BCUT2D eigenvalue weighted by Crippen LogP contribution is -2.74. The van der Waals surface area contributed by atoms with Gasteiger partial charge in [-0.1, -0.05) is 58.4 Å². The maximum Gasteiger partial charge on any atom is 0.115 e. The van der Waals surface area contributed by atoms with Crippen molar-refractivity contribution in [2.24, 2.45) is 0 Å². The van der Waals surface area contributed by atoms with E-state index in [1.54, 1.807) is 0 Å². The smallest absolute Gasteiger partial charge is 0.115 e. The van der Waals surface area contributed by atoms with Gasteiger partial charge < -0.3 is 0 Å². The minimum Gasteiger partial charge on any atom is -0.123 e. The molecule has 35 heteroatoms. The molecule has 0 unspecified atom stereocenters. The standard InChI is InChI=1S/C35H9B35/c1-8-17(36)15(9-2-4-11-13(6-9)22(32(59,60)61,33(62,63)64)26(43,44)24(39,40)20(11,28(47,48)49)29(50,51)52)19(38)16(18(8)37)10-3-5-12-14(7-10)23(34(65,66)67,35(68,69)70)27(45,46)25(41,42)21(12,30(53,54)55)31(56,57)58/h2-7H,1H3. The van der Waals surface area contributed by atoms with Gasteiger partial charge in [0, 0.05) is 0 Å². The van der Waals surface area contributed by atoms with Crippen LogP contribution in [0.5, 0.6) is 0 Å². The fraction of sp³-hybridized carbons (Fsp3) is 0.486. The summed E-state index contributed by atoms with van der Waals surface area (Å²) in [6.45, 7) is 1.52. The Morgan fingerprint density at radius 2 is 0.471 bits per heavy atom. The minimum atomic E-state index is -3.03. The van der Waals surface area contributed by atoms with Gasteiger partial charge in [-0.3, -0.25) is 0 Å². The Morgan fingerprint density at radius 1 is 0.286 bits per heavy atom. The molecule has 0 bridgehead atoms. The number of benzene rings is 3. The molecule has 5 rings (SSSR count). The highest BCUT2D eigenvalue weighted by Gasteiger charge is 2.74. The van der Waals surface area contributed by atoms with Crippen molar-refractivity contribution < 1.29 is 0 Å². The normalized spacial score (nSPS) is 21.3. The van der Waals surface area contributed by atoms with E-state index in [1.165, 1.54) is 43.3 Å². The van der Waals surface area contributed by atoms with Gasteiger partial charge in [-0.2, -0.15) is 0 Å². The van der Waals surface area contributed by atoms with E-state index in [0.717, 1.165) is 0 Å². The fourth-order valence-corrected chi connectivity index (χ4v) is 12.6. The number of fused-ring (bicyclic) bond motifs is 2. The molecule has 0 saturated heterocycles. The summed E-state index contributed by atoms with van der Waals surface area (Å²) in [4.78, 5) is 0. The summed E-state index contributed by atoms with van der Waals surface area (Å²) in [5.41, 5.74) is -13.1. The third kappa shape index (κ3) is 7.04. The fourth-order valence-electron chi connectivity index (χ4n) is 12.6. The molecular weight excluding hydrogens is 799 g/mol. The first-order chi connectivity index (χ1) is 30.6. The van der Waals surface area contributed by atoms with Gasteiger partial charge in [0.15, 0.2) is 0 Å². The first kappa shape index (κ1) is 60.8. The molecule has 0 N–H and O–H groups in total. The largest absolute Gasteiger partial charge is 0.123 e. The monoisotopic (exact) mass is 814 g/mol. The highest BCUT2D eigenvalue weighted by molar-refractivity contribution is 6.74. The topological polar surface area (TPSA) is 0 Å². The van der Waals surface area contributed by atoms with Crippen molar-refractivity contribution in [2.75, 3.05) is 0 Å². The van der Waals surface area contributed by atoms with Crippen LogP contribution in [0, 0.1) is 6.92 Å². The minimum absolute atomic E-state index is 0.00556. The summed E-state index contributed by atoms with van der Waals surface area (Å²) >= 11 is 0. The summed E-state index contributed by atoms with van der Waals surface area (Å²) in [5, 5.41) is -34.3. The van der Waals surface area contributed by atoms with E-state index in [9.17, 15) is 0 Å². The Balaban J connectivity index is 2.11. The van der Waals surface area contributed by atoms with Gasteiger partial charge >= 0.3 is 0 Å². The number of hydrogen-bond acceptors (Lipinski definition) is 0. The summed E-state index contributed by atoms with van der Waals surface area (Å²) in [6.07, 6.45) is 0. The molecule has 70 radical (unpaired) electrons. The molecule has 0 nitrogen and oxygen atoms in total. The van der Waals surface area contributed by atoms with Crippen molar-refractivity contribution in [3.63, 3.8) is 0 Å². The summed E-state index contributed by atoms with van der Waals surface area (Å²) in [5.74, 6) is 0. The van der Waals surface area contributed by atoms with Crippen molar-refractivity contribution in [1.29, 1.82) is 0 Å². The van der Waals surface area contributed by atoms with Gasteiger partial charge in [0.2, 0.25) is 0 Å². The van der Waals surface area contributed by atoms with E-state index >= 15 is 0 Å². The van der Waals surface area contributed by atoms with Crippen molar-refractivity contribution in [3.05, 3.63) is 64.2 Å². The van der Waals surface area contributed by atoms with E-state index in [0.29, 0.717) is 0 Å². The Hall–Kier alpha value is -0.0673. The molecule has 3 aromatic carbocycles. The zero-order valence-corrected chi connectivity index (χ0v) is 38.7. The second kappa shape index (κ2) is 16.7. The second-order valence-corrected chi connectivity index (χ2v) is 20.1. The molecule has 70 heavy (non-hydrogen) atoms. The predicted molar refractivity (Wildman–Crippen MR) is 321 cm³/mol. The predicted octanol–water partition coefficient (Wildman–Crippen LogP) is -8.86. The summed E-state index contributed by atoms with van der Waals surface area (Å²) in [7, 11) is 232. The average Bonchev–Trinajstić information content (AvgIpc) is 3.07. The van der Waals surface area contributed by atoms with Crippen LogP contribution >= 0.6 is 0 Å². The third-order valence-corrected chi connectivity index (χ3v) is 15.2. The first-order valence-electron chi connectivity index (χ1n) is 20.6. The van der Waals surface area contributed by atoms with E-state index in [-0.39, 0.29) is 55.3 Å². The van der Waals surface area contributed by atoms with Gasteiger partial charge in [0.25, 0.3) is 0 Å². The lowest BCUT2D eigenvalue weighted by Gasteiger charge is -2.82. The molecule has 2 aliphatic carbocycles. The Bertz CT molecular complexity index is 2360. The van der Waals surface area contributed by atoms with Crippen LogP contribution < -0.4 is 16.4 Å². The molecule has 0 spiro atoms. The van der Waals surface area contributed by atoms with Crippen molar-refractivity contribution in [3.8, 4) is 22.3 Å². The van der Waals surface area contributed by atoms with Gasteiger partial charge in [-0.05, 0) is 73.1 Å². The highest BCUT2D eigenvalue weighted by Crippen LogP contribution is 2.84. The van der Waals surface area contributed by atoms with Crippen LogP contribution in [0.4, 0.5) is 0 Å². The van der Waals surface area contributed by atoms with E-state index in [1.807, 2.05) is 0 Å². The zero-order valence-electron chi connectivity index (χ0n) is 38.7. The summed E-state index contributed by atoms with van der Waals surface area (Å²) in [6, 6.07) is 7.59. The van der Waals surface area contributed by atoms with Gasteiger partial charge in [-0.25, -0.2) is 0 Å². The van der Waals surface area contributed by atoms with Gasteiger partial charge in [0.1, 0.15) is 23.5 Å². The third-order valence-electron chi connectivity index (χ3n) is 15.2. The molecule has 0 amide bonds. The average molecular weight is 808 g/mol. The van der Waals surface area contributed by atoms with Crippen LogP contribution in [0.2, 0.25) is 61.8 Å². The molecule has 3 aromatic rings. The van der Waals surface area contributed by atoms with Gasteiger partial charge in [-0.15, -0.1) is 61.8 Å². The maximum absolute atomic E-state index is 7.15. The molecule has 2 aliphatic rings. The van der Waals surface area contributed by atoms with Crippen LogP contribution in [0.15, 0.2) is 36.4 Å². The SMILES string of the molecule is [B]c1c(C)c([B])c(-c2ccc3c(c2)C(C([B])([B])[B])(C([B])([B])[B])C([B])([B])C([B])([B])C3(C([B])([B])[B])C([B])([B])[B])c([B])c1-c1ccc2c(c1)C(C([B])([B])[B])(C([B])([B])[B])C([B])([B])C([B])([B])C2(C([B])([B])[B])C([B])([B])[B]. The zero-order chi connectivity index (χ0) is 55.2. The van der Waals surface area contributed by atoms with Crippen molar-refractivity contribution in [1.82, 2.24) is 0 Å². The lowest BCUT2D eigenvalue weighted by atomic mass is 8.99. The quantitative estimate of drug-likeness (QED) is 0.179. The lowest BCUT2D eigenvalue weighted by molar-refractivity contribution is 0.212. The van der Waals surface area contributed by atoms with Crippen LogP contribution in [0.1, 0.15) is 27.8 Å². The molecule has 254 valence electrons. The van der Waals surface area contributed by atoms with Gasteiger partial charge in [0.05, 0.1) is 251 Å². The number of hydrogen-bond donors (Lipinski definition) is 0. The van der Waals surface area contributed by atoms with E-state index in [2.05, 4.69) is 0 Å². The van der Waals surface area contributed by atoms with Crippen LogP contribution in [-0.4, -0.2) is 275 Å². The highest BCUT2D eigenvalue weighted by atomic mass is 14.7. The maximum atomic E-state index is 7.15. The molecular formula is C35H9B35. The van der Waals surface area contributed by atoms with Crippen molar-refractivity contribution >= 4 is 291 Å². The van der Waals surface area contributed by atoms with E-state index < -0.39 is 94.5 Å².